The van der Waals surface area contributed by atoms with Gasteiger partial charge in [0.05, 0.1) is 16.1 Å². The van der Waals surface area contributed by atoms with Crippen molar-refractivity contribution in [2.75, 3.05) is 0 Å². The van der Waals surface area contributed by atoms with E-state index in [9.17, 15) is 4.79 Å². The van der Waals surface area contributed by atoms with E-state index >= 15 is 0 Å². The van der Waals surface area contributed by atoms with Gasteiger partial charge in [-0.3, -0.25) is 10.1 Å². The zero-order valence-corrected chi connectivity index (χ0v) is 10.2. The second-order valence-electron chi connectivity index (χ2n) is 4.29. The van der Waals surface area contributed by atoms with E-state index in [0.29, 0.717) is 6.04 Å². The zero-order valence-electron chi connectivity index (χ0n) is 9.40. The first kappa shape index (κ1) is 11.5. The number of hydrogen-bond donors (Lipinski definition) is 2. The Labute approximate surface area is 99.3 Å². The summed E-state index contributed by atoms with van der Waals surface area (Å²) in [5, 5.41) is 3.35. The molecule has 1 aromatic rings. The third-order valence-corrected chi connectivity index (χ3v) is 4.08. The number of nitrogens with two attached hydrogens (primary N) is 1. The number of aryl methyl sites for hydroxylation is 1. The van der Waals surface area contributed by atoms with Crippen molar-refractivity contribution in [2.45, 2.75) is 44.7 Å². The van der Waals surface area contributed by atoms with Crippen molar-refractivity contribution >= 4 is 17.2 Å². The van der Waals surface area contributed by atoms with Gasteiger partial charge < -0.3 is 5.73 Å². The second-order valence-corrected chi connectivity index (χ2v) is 5.17. The van der Waals surface area contributed by atoms with Gasteiger partial charge in [0.25, 0.3) is 0 Å². The zero-order chi connectivity index (χ0) is 11.5. The Bertz CT molecular complexity index is 371. The van der Waals surface area contributed by atoms with Crippen LogP contribution in [0.1, 0.15) is 42.3 Å². The lowest BCUT2D eigenvalue weighted by molar-refractivity contribution is -0.120. The maximum atomic E-state index is 11.5. The number of carbonyl (C=O) groups is 1. The van der Waals surface area contributed by atoms with Crippen LogP contribution < -0.4 is 11.1 Å². The molecule has 0 radical (unpaired) electrons. The van der Waals surface area contributed by atoms with Crippen LogP contribution in [0.25, 0.3) is 0 Å². The fourth-order valence-corrected chi connectivity index (χ4v) is 3.07. The summed E-state index contributed by atoms with van der Waals surface area (Å²) in [6, 6.07) is 0.0644. The molecule has 1 saturated carbocycles. The molecule has 1 amide bonds. The van der Waals surface area contributed by atoms with E-state index in [1.54, 1.807) is 5.51 Å². The minimum absolute atomic E-state index is 0.306. The van der Waals surface area contributed by atoms with Gasteiger partial charge in [0.15, 0.2) is 0 Å². The summed E-state index contributed by atoms with van der Waals surface area (Å²) in [7, 11) is 0. The number of rotatable bonds is 4. The molecule has 1 aliphatic rings. The van der Waals surface area contributed by atoms with Gasteiger partial charge in [-0.25, -0.2) is 4.98 Å². The lowest BCUT2D eigenvalue weighted by atomic mass is 10.1. The number of carbonyl (C=O) groups excluding carboxylic acids is 1. The summed E-state index contributed by atoms with van der Waals surface area (Å²) in [5.41, 5.74) is 8.12. The molecule has 1 aromatic heterocycles. The number of primary amides is 1. The summed E-state index contributed by atoms with van der Waals surface area (Å²) in [6.07, 6.45) is 4.76. The highest BCUT2D eigenvalue weighted by Crippen LogP contribution is 2.25. The SMILES string of the molecule is Cc1ncsc1C(NC1CCCC1)C(N)=O. The molecule has 2 rings (SSSR count). The molecule has 88 valence electrons. The van der Waals surface area contributed by atoms with Crippen LogP contribution in [-0.4, -0.2) is 16.9 Å². The van der Waals surface area contributed by atoms with Crippen molar-refractivity contribution in [1.29, 1.82) is 0 Å². The topological polar surface area (TPSA) is 68.0 Å². The molecule has 0 bridgehead atoms. The molecule has 0 aromatic carbocycles. The van der Waals surface area contributed by atoms with E-state index in [2.05, 4.69) is 10.3 Å². The van der Waals surface area contributed by atoms with Gasteiger partial charge in [-0.2, -0.15) is 0 Å². The Balaban J connectivity index is 2.11. The average Bonchev–Trinajstić information content (AvgIpc) is 2.85. The predicted molar refractivity (Wildman–Crippen MR) is 64.2 cm³/mol. The summed E-state index contributed by atoms with van der Waals surface area (Å²) >= 11 is 1.49. The first-order valence-electron chi connectivity index (χ1n) is 5.64. The van der Waals surface area contributed by atoms with Crippen molar-refractivity contribution in [2.24, 2.45) is 5.73 Å². The van der Waals surface area contributed by atoms with Crippen LogP contribution in [-0.2, 0) is 4.79 Å². The highest BCUT2D eigenvalue weighted by molar-refractivity contribution is 7.10. The van der Waals surface area contributed by atoms with E-state index in [1.807, 2.05) is 6.92 Å². The molecule has 0 saturated heterocycles. The maximum absolute atomic E-state index is 11.5. The van der Waals surface area contributed by atoms with Crippen molar-refractivity contribution in [3.8, 4) is 0 Å². The lowest BCUT2D eigenvalue weighted by Gasteiger charge is -2.19. The van der Waals surface area contributed by atoms with Crippen LogP contribution in [0.5, 0.6) is 0 Å². The highest BCUT2D eigenvalue weighted by Gasteiger charge is 2.26. The molecule has 1 aliphatic carbocycles. The van der Waals surface area contributed by atoms with Crippen LogP contribution in [0, 0.1) is 6.92 Å². The molecular formula is C11H17N3OS. The quantitative estimate of drug-likeness (QED) is 0.837. The van der Waals surface area contributed by atoms with Crippen LogP contribution in [0.3, 0.4) is 0 Å². The Kier molecular flexibility index (Phi) is 3.56. The molecule has 3 N–H and O–H groups in total. The van der Waals surface area contributed by atoms with Gasteiger partial charge in [-0.1, -0.05) is 12.8 Å². The van der Waals surface area contributed by atoms with E-state index in [4.69, 9.17) is 5.73 Å². The molecule has 1 heterocycles. The largest absolute Gasteiger partial charge is 0.368 e. The molecule has 16 heavy (non-hydrogen) atoms. The molecule has 5 heteroatoms. The van der Waals surface area contributed by atoms with Gasteiger partial charge in [0.1, 0.15) is 6.04 Å². The summed E-state index contributed by atoms with van der Waals surface area (Å²) < 4.78 is 0. The van der Waals surface area contributed by atoms with Gasteiger partial charge in [0.2, 0.25) is 5.91 Å². The van der Waals surface area contributed by atoms with Crippen molar-refractivity contribution in [1.82, 2.24) is 10.3 Å². The van der Waals surface area contributed by atoms with E-state index in [0.717, 1.165) is 23.4 Å². The molecular weight excluding hydrogens is 222 g/mol. The predicted octanol–water partition coefficient (Wildman–Crippen LogP) is 1.51. The number of amides is 1. The number of hydrogen-bond acceptors (Lipinski definition) is 4. The fraction of sp³-hybridized carbons (Fsp3) is 0.636. The highest BCUT2D eigenvalue weighted by atomic mass is 32.1. The van der Waals surface area contributed by atoms with Crippen molar-refractivity contribution in [3.63, 3.8) is 0 Å². The molecule has 0 aliphatic heterocycles. The minimum atomic E-state index is -0.365. The first-order valence-corrected chi connectivity index (χ1v) is 6.52. The van der Waals surface area contributed by atoms with Crippen LogP contribution >= 0.6 is 11.3 Å². The van der Waals surface area contributed by atoms with E-state index in [1.165, 1.54) is 24.2 Å². The molecule has 1 atom stereocenters. The van der Waals surface area contributed by atoms with E-state index in [-0.39, 0.29) is 11.9 Å². The Hall–Kier alpha value is -0.940. The van der Waals surface area contributed by atoms with Gasteiger partial charge in [-0.05, 0) is 19.8 Å². The second kappa shape index (κ2) is 4.93. The average molecular weight is 239 g/mol. The lowest BCUT2D eigenvalue weighted by Crippen LogP contribution is -2.38. The van der Waals surface area contributed by atoms with E-state index < -0.39 is 0 Å². The maximum Gasteiger partial charge on any atom is 0.240 e. The smallest absolute Gasteiger partial charge is 0.240 e. The number of aromatic nitrogens is 1. The van der Waals surface area contributed by atoms with Crippen LogP contribution in [0.15, 0.2) is 5.51 Å². The van der Waals surface area contributed by atoms with Crippen LogP contribution in [0.4, 0.5) is 0 Å². The van der Waals surface area contributed by atoms with Crippen LogP contribution in [0.2, 0.25) is 0 Å². The number of nitrogens with one attached hydrogen (secondary N) is 1. The summed E-state index contributed by atoms with van der Waals surface area (Å²) in [5.74, 6) is -0.306. The summed E-state index contributed by atoms with van der Waals surface area (Å²) in [6.45, 7) is 1.91. The molecule has 0 spiro atoms. The van der Waals surface area contributed by atoms with Crippen molar-refractivity contribution in [3.05, 3.63) is 16.1 Å². The van der Waals surface area contributed by atoms with Gasteiger partial charge in [0, 0.05) is 6.04 Å². The number of thiazole rings is 1. The standard InChI is InChI=1S/C11H17N3OS/c1-7-10(16-6-13-7)9(11(12)15)14-8-4-2-3-5-8/h6,8-9,14H,2-5H2,1H3,(H2,12,15). The fourth-order valence-electron chi connectivity index (χ4n) is 2.20. The first-order chi connectivity index (χ1) is 7.68. The Morgan fingerprint density at radius 1 is 1.62 bits per heavy atom. The van der Waals surface area contributed by atoms with Gasteiger partial charge >= 0.3 is 0 Å². The molecule has 1 unspecified atom stereocenters. The molecule has 4 nitrogen and oxygen atoms in total. The normalized spacial score (nSPS) is 18.8. The van der Waals surface area contributed by atoms with Crippen molar-refractivity contribution < 1.29 is 4.79 Å². The minimum Gasteiger partial charge on any atom is -0.368 e. The summed E-state index contributed by atoms with van der Waals surface area (Å²) in [4.78, 5) is 16.6. The third-order valence-electron chi connectivity index (χ3n) is 3.09. The Morgan fingerprint density at radius 3 is 2.81 bits per heavy atom. The monoisotopic (exact) mass is 239 g/mol. The van der Waals surface area contributed by atoms with Gasteiger partial charge in [-0.15, -0.1) is 11.3 Å². The number of nitrogens with zero attached hydrogens (tertiary/aromatic N) is 1. The molecule has 1 fully saturated rings. The third kappa shape index (κ3) is 2.41. The Morgan fingerprint density at radius 2 is 2.31 bits per heavy atom.